The van der Waals surface area contributed by atoms with E-state index in [1.54, 1.807) is 5.56 Å². The van der Waals surface area contributed by atoms with Crippen LogP contribution in [0.5, 0.6) is 0 Å². The van der Waals surface area contributed by atoms with Gasteiger partial charge in [-0.25, -0.2) is 0 Å². The SMILES string of the molecule is CC12CC3CC(C1)CC(c1ccc(Cl)cc1)(C3)C2. The molecule has 0 amide bonds. The molecule has 0 radical (unpaired) electrons. The van der Waals surface area contributed by atoms with E-state index in [2.05, 4.69) is 31.2 Å². The Morgan fingerprint density at radius 3 is 2.17 bits per heavy atom. The summed E-state index contributed by atoms with van der Waals surface area (Å²) in [4.78, 5) is 0. The molecule has 0 spiro atoms. The number of rotatable bonds is 1. The van der Waals surface area contributed by atoms with Crippen molar-refractivity contribution in [3.63, 3.8) is 0 Å². The second kappa shape index (κ2) is 3.54. The van der Waals surface area contributed by atoms with Crippen molar-refractivity contribution in [3.8, 4) is 0 Å². The van der Waals surface area contributed by atoms with Crippen LogP contribution in [0.1, 0.15) is 51.0 Å². The summed E-state index contributed by atoms with van der Waals surface area (Å²) in [6.07, 6.45) is 8.75. The van der Waals surface area contributed by atoms with E-state index in [9.17, 15) is 0 Å². The van der Waals surface area contributed by atoms with Gasteiger partial charge < -0.3 is 0 Å². The standard InChI is InChI=1S/C17H21Cl/c1-16-7-12-6-13(8-16)10-17(9-12,11-16)14-2-4-15(18)5-3-14/h2-5,12-13H,6-11H2,1H3. The maximum atomic E-state index is 6.05. The smallest absolute Gasteiger partial charge is 0.0406 e. The minimum atomic E-state index is 0.490. The lowest BCUT2D eigenvalue weighted by Crippen LogP contribution is -2.52. The van der Waals surface area contributed by atoms with Crippen LogP contribution in [-0.4, -0.2) is 0 Å². The minimum absolute atomic E-state index is 0.490. The van der Waals surface area contributed by atoms with Crippen LogP contribution in [0.2, 0.25) is 5.02 Å². The van der Waals surface area contributed by atoms with Gasteiger partial charge in [0.1, 0.15) is 0 Å². The van der Waals surface area contributed by atoms with Crippen LogP contribution in [0.4, 0.5) is 0 Å². The molecule has 0 saturated heterocycles. The molecular formula is C17H21Cl. The molecule has 18 heavy (non-hydrogen) atoms. The van der Waals surface area contributed by atoms with Crippen LogP contribution >= 0.6 is 11.6 Å². The van der Waals surface area contributed by atoms with Gasteiger partial charge in [0.15, 0.2) is 0 Å². The Balaban J connectivity index is 1.77. The van der Waals surface area contributed by atoms with Crippen molar-refractivity contribution in [2.75, 3.05) is 0 Å². The summed E-state index contributed by atoms with van der Waals surface area (Å²) >= 11 is 6.05. The third-order valence-electron chi connectivity index (χ3n) is 5.81. The van der Waals surface area contributed by atoms with Gasteiger partial charge in [0.25, 0.3) is 0 Å². The fourth-order valence-corrected chi connectivity index (χ4v) is 5.99. The number of benzene rings is 1. The molecule has 4 bridgehead atoms. The lowest BCUT2D eigenvalue weighted by Gasteiger charge is -2.61. The zero-order valence-electron chi connectivity index (χ0n) is 11.1. The van der Waals surface area contributed by atoms with E-state index >= 15 is 0 Å². The molecule has 5 rings (SSSR count). The highest BCUT2D eigenvalue weighted by Crippen LogP contribution is 2.65. The maximum Gasteiger partial charge on any atom is 0.0406 e. The van der Waals surface area contributed by atoms with Gasteiger partial charge in [-0.15, -0.1) is 0 Å². The van der Waals surface area contributed by atoms with Crippen molar-refractivity contribution in [2.24, 2.45) is 17.3 Å². The van der Waals surface area contributed by atoms with E-state index in [0.29, 0.717) is 10.8 Å². The largest absolute Gasteiger partial charge is 0.0843 e. The highest BCUT2D eigenvalue weighted by atomic mass is 35.5. The first-order chi connectivity index (χ1) is 8.57. The van der Waals surface area contributed by atoms with Crippen LogP contribution in [0.3, 0.4) is 0 Å². The molecule has 4 aliphatic rings. The van der Waals surface area contributed by atoms with Gasteiger partial charge in [0, 0.05) is 5.02 Å². The molecule has 1 aromatic carbocycles. The Bertz CT molecular complexity index is 459. The molecule has 4 saturated carbocycles. The van der Waals surface area contributed by atoms with Gasteiger partial charge in [-0.2, -0.15) is 0 Å². The number of hydrogen-bond donors (Lipinski definition) is 0. The van der Waals surface area contributed by atoms with Crippen molar-refractivity contribution >= 4 is 11.6 Å². The monoisotopic (exact) mass is 260 g/mol. The summed E-state index contributed by atoms with van der Waals surface area (Å²) in [5, 5.41) is 0.870. The van der Waals surface area contributed by atoms with Crippen LogP contribution in [0.25, 0.3) is 0 Å². The van der Waals surface area contributed by atoms with Crippen molar-refractivity contribution in [1.82, 2.24) is 0 Å². The molecule has 0 nitrogen and oxygen atoms in total. The van der Waals surface area contributed by atoms with Crippen molar-refractivity contribution in [3.05, 3.63) is 34.9 Å². The molecule has 96 valence electrons. The Morgan fingerprint density at radius 2 is 1.61 bits per heavy atom. The molecule has 4 fully saturated rings. The first kappa shape index (κ1) is 11.3. The quantitative estimate of drug-likeness (QED) is 0.651. The van der Waals surface area contributed by atoms with Gasteiger partial charge in [-0.1, -0.05) is 30.7 Å². The fraction of sp³-hybridized carbons (Fsp3) is 0.647. The van der Waals surface area contributed by atoms with Crippen molar-refractivity contribution in [2.45, 2.75) is 50.9 Å². The summed E-state index contributed by atoms with van der Waals surface area (Å²) in [5.41, 5.74) is 2.68. The van der Waals surface area contributed by atoms with Crippen LogP contribution in [0.15, 0.2) is 24.3 Å². The summed E-state index contributed by atoms with van der Waals surface area (Å²) in [5.74, 6) is 1.99. The third-order valence-corrected chi connectivity index (χ3v) is 6.06. The molecule has 0 aliphatic heterocycles. The van der Waals surface area contributed by atoms with Gasteiger partial charge >= 0.3 is 0 Å². The average molecular weight is 261 g/mol. The molecule has 0 aromatic heterocycles. The van der Waals surface area contributed by atoms with Crippen molar-refractivity contribution in [1.29, 1.82) is 0 Å². The molecule has 4 aliphatic carbocycles. The Kier molecular flexibility index (Phi) is 2.23. The van der Waals surface area contributed by atoms with Crippen LogP contribution in [-0.2, 0) is 5.41 Å². The second-order valence-electron chi connectivity index (χ2n) is 7.56. The van der Waals surface area contributed by atoms with Gasteiger partial charge in [0.2, 0.25) is 0 Å². The summed E-state index contributed by atoms with van der Waals surface area (Å²) < 4.78 is 0. The number of halogens is 1. The van der Waals surface area contributed by atoms with Crippen LogP contribution in [0, 0.1) is 17.3 Å². The summed E-state index contributed by atoms with van der Waals surface area (Å²) in [6, 6.07) is 8.74. The predicted molar refractivity (Wildman–Crippen MR) is 75.9 cm³/mol. The van der Waals surface area contributed by atoms with E-state index in [4.69, 9.17) is 11.6 Å². The molecule has 0 heterocycles. The van der Waals surface area contributed by atoms with E-state index < -0.39 is 0 Å². The average Bonchev–Trinajstić information content (AvgIpc) is 2.26. The normalized spacial score (nSPS) is 45.4. The zero-order valence-corrected chi connectivity index (χ0v) is 11.8. The minimum Gasteiger partial charge on any atom is -0.0843 e. The molecular weight excluding hydrogens is 240 g/mol. The molecule has 2 atom stereocenters. The lowest BCUT2D eigenvalue weighted by atomic mass is 9.43. The van der Waals surface area contributed by atoms with E-state index in [1.165, 1.54) is 38.5 Å². The maximum absolute atomic E-state index is 6.05. The third kappa shape index (κ3) is 1.58. The molecule has 0 N–H and O–H groups in total. The lowest BCUT2D eigenvalue weighted by molar-refractivity contribution is -0.0615. The Morgan fingerprint density at radius 1 is 1.00 bits per heavy atom. The molecule has 1 heteroatoms. The van der Waals surface area contributed by atoms with E-state index in [-0.39, 0.29) is 0 Å². The van der Waals surface area contributed by atoms with Gasteiger partial charge in [0.05, 0.1) is 0 Å². The molecule has 1 aromatic rings. The van der Waals surface area contributed by atoms with Gasteiger partial charge in [-0.05, 0) is 78.9 Å². The highest BCUT2D eigenvalue weighted by molar-refractivity contribution is 6.30. The first-order valence-electron chi connectivity index (χ1n) is 7.33. The Labute approximate surface area is 115 Å². The fourth-order valence-electron chi connectivity index (χ4n) is 5.86. The summed E-state index contributed by atoms with van der Waals surface area (Å²) in [7, 11) is 0. The van der Waals surface area contributed by atoms with Crippen LogP contribution < -0.4 is 0 Å². The van der Waals surface area contributed by atoms with Crippen molar-refractivity contribution < 1.29 is 0 Å². The van der Waals surface area contributed by atoms with E-state index in [0.717, 1.165) is 16.9 Å². The molecule has 2 unspecified atom stereocenters. The first-order valence-corrected chi connectivity index (χ1v) is 7.71. The second-order valence-corrected chi connectivity index (χ2v) is 8.00. The predicted octanol–water partition coefficient (Wildman–Crippen LogP) is 5.20. The summed E-state index contributed by atoms with van der Waals surface area (Å²) in [6.45, 7) is 2.54. The Hall–Kier alpha value is -0.490. The topological polar surface area (TPSA) is 0 Å². The van der Waals surface area contributed by atoms with E-state index in [1.807, 2.05) is 0 Å². The zero-order chi connectivity index (χ0) is 12.4. The number of hydrogen-bond acceptors (Lipinski definition) is 0. The highest BCUT2D eigenvalue weighted by Gasteiger charge is 2.56. The van der Waals surface area contributed by atoms with Gasteiger partial charge in [-0.3, -0.25) is 0 Å².